The minimum Gasteiger partial charge on any atom is -0.468 e. The molecule has 3 N–H and O–H groups in total. The van der Waals surface area contributed by atoms with Crippen LogP contribution < -0.4 is 10.6 Å². The molecule has 1 saturated heterocycles. The van der Waals surface area contributed by atoms with Gasteiger partial charge in [-0.3, -0.25) is 9.89 Å². The van der Waals surface area contributed by atoms with Gasteiger partial charge in [-0.2, -0.15) is 0 Å². The third kappa shape index (κ3) is 5.92. The molecular formula is C20H28FIN4O2. The molecule has 8 heteroatoms. The lowest BCUT2D eigenvalue weighted by Crippen LogP contribution is -2.42. The quantitative estimate of drug-likeness (QED) is 0.309. The third-order valence-corrected chi connectivity index (χ3v) is 4.88. The third-order valence-electron chi connectivity index (χ3n) is 4.88. The lowest BCUT2D eigenvalue weighted by atomic mass is 10.1. The summed E-state index contributed by atoms with van der Waals surface area (Å²) in [7, 11) is 1.72. The summed E-state index contributed by atoms with van der Waals surface area (Å²) >= 11 is 0. The van der Waals surface area contributed by atoms with Crippen LogP contribution in [0.2, 0.25) is 0 Å². The minimum absolute atomic E-state index is 0. The van der Waals surface area contributed by atoms with E-state index in [4.69, 9.17) is 4.42 Å². The van der Waals surface area contributed by atoms with Crippen molar-refractivity contribution in [1.29, 1.82) is 0 Å². The van der Waals surface area contributed by atoms with Gasteiger partial charge >= 0.3 is 0 Å². The first kappa shape index (κ1) is 22.6. The SMILES string of the molecule is CN=C(NCc1ccc(F)c(CO)c1)NCC(c1ccco1)N1CCCC1.I. The van der Waals surface area contributed by atoms with E-state index in [0.29, 0.717) is 24.6 Å². The molecule has 1 aromatic carbocycles. The molecule has 0 saturated carbocycles. The zero-order valence-corrected chi connectivity index (χ0v) is 18.4. The Balaban J connectivity index is 0.00000280. The first-order chi connectivity index (χ1) is 13.2. The number of aliphatic hydroxyl groups excluding tert-OH is 1. The lowest BCUT2D eigenvalue weighted by molar-refractivity contribution is 0.215. The van der Waals surface area contributed by atoms with Gasteiger partial charge in [0.15, 0.2) is 5.96 Å². The van der Waals surface area contributed by atoms with Gasteiger partial charge in [0.1, 0.15) is 11.6 Å². The summed E-state index contributed by atoms with van der Waals surface area (Å²) in [5.74, 6) is 1.22. The van der Waals surface area contributed by atoms with Crippen molar-refractivity contribution in [3.63, 3.8) is 0 Å². The van der Waals surface area contributed by atoms with Crippen molar-refractivity contribution < 1.29 is 13.9 Å². The number of nitrogens with one attached hydrogen (secondary N) is 2. The van der Waals surface area contributed by atoms with Gasteiger partial charge in [0.2, 0.25) is 0 Å². The number of rotatable bonds is 7. The molecule has 154 valence electrons. The van der Waals surface area contributed by atoms with E-state index in [2.05, 4.69) is 20.5 Å². The molecule has 3 rings (SSSR count). The number of aliphatic hydroxyl groups is 1. The molecule has 0 aliphatic carbocycles. The van der Waals surface area contributed by atoms with Gasteiger partial charge in [0.25, 0.3) is 0 Å². The van der Waals surface area contributed by atoms with Crippen molar-refractivity contribution in [3.8, 4) is 0 Å². The summed E-state index contributed by atoms with van der Waals surface area (Å²) in [5, 5.41) is 15.8. The monoisotopic (exact) mass is 502 g/mol. The molecule has 0 bridgehead atoms. The van der Waals surface area contributed by atoms with E-state index in [0.717, 1.165) is 24.4 Å². The average molecular weight is 502 g/mol. The van der Waals surface area contributed by atoms with Crippen LogP contribution in [0.15, 0.2) is 46.0 Å². The highest BCUT2D eigenvalue weighted by molar-refractivity contribution is 14.0. The highest BCUT2D eigenvalue weighted by atomic mass is 127. The first-order valence-corrected chi connectivity index (χ1v) is 9.31. The predicted octanol–water partition coefficient (Wildman–Crippen LogP) is 3.03. The molecule has 1 unspecified atom stereocenters. The van der Waals surface area contributed by atoms with Gasteiger partial charge in [-0.1, -0.05) is 6.07 Å². The van der Waals surface area contributed by atoms with E-state index in [9.17, 15) is 9.50 Å². The maximum atomic E-state index is 13.5. The van der Waals surface area contributed by atoms with Crippen molar-refractivity contribution in [2.75, 3.05) is 26.7 Å². The summed E-state index contributed by atoms with van der Waals surface area (Å²) in [6.45, 7) is 2.99. The molecular weight excluding hydrogens is 474 g/mol. The highest BCUT2D eigenvalue weighted by Gasteiger charge is 2.25. The summed E-state index contributed by atoms with van der Waals surface area (Å²) in [5.41, 5.74) is 1.18. The predicted molar refractivity (Wildman–Crippen MR) is 118 cm³/mol. The van der Waals surface area contributed by atoms with Crippen LogP contribution in [0.5, 0.6) is 0 Å². The Labute approximate surface area is 182 Å². The molecule has 1 aliphatic heterocycles. The van der Waals surface area contributed by atoms with Gasteiger partial charge in [-0.25, -0.2) is 4.39 Å². The van der Waals surface area contributed by atoms with Crippen molar-refractivity contribution in [2.45, 2.75) is 32.0 Å². The van der Waals surface area contributed by atoms with Crippen LogP contribution >= 0.6 is 24.0 Å². The molecule has 1 aromatic heterocycles. The number of guanidine groups is 1. The van der Waals surface area contributed by atoms with Crippen LogP contribution in [0.4, 0.5) is 4.39 Å². The van der Waals surface area contributed by atoms with Crippen LogP contribution in [-0.4, -0.2) is 42.6 Å². The van der Waals surface area contributed by atoms with Crippen LogP contribution in [-0.2, 0) is 13.2 Å². The lowest BCUT2D eigenvalue weighted by Gasteiger charge is -2.26. The summed E-state index contributed by atoms with van der Waals surface area (Å²) < 4.78 is 19.1. The summed E-state index contributed by atoms with van der Waals surface area (Å²) in [4.78, 5) is 6.69. The molecule has 6 nitrogen and oxygen atoms in total. The highest BCUT2D eigenvalue weighted by Crippen LogP contribution is 2.24. The van der Waals surface area contributed by atoms with Gasteiger partial charge in [0.05, 0.1) is 18.9 Å². The average Bonchev–Trinajstić information content (AvgIpc) is 3.40. The molecule has 1 fully saturated rings. The normalized spacial score (nSPS) is 15.9. The number of likely N-dealkylation sites (tertiary alicyclic amines) is 1. The second-order valence-electron chi connectivity index (χ2n) is 6.66. The van der Waals surface area contributed by atoms with Crippen molar-refractivity contribution in [1.82, 2.24) is 15.5 Å². The second-order valence-corrected chi connectivity index (χ2v) is 6.66. The number of furan rings is 1. The maximum absolute atomic E-state index is 13.5. The van der Waals surface area contributed by atoms with Crippen LogP contribution in [0, 0.1) is 5.82 Å². The fourth-order valence-corrected chi connectivity index (χ4v) is 3.40. The summed E-state index contributed by atoms with van der Waals surface area (Å²) in [6.07, 6.45) is 4.13. The Morgan fingerprint density at radius 1 is 1.29 bits per heavy atom. The van der Waals surface area contributed by atoms with Crippen LogP contribution in [0.25, 0.3) is 0 Å². The fraction of sp³-hybridized carbons (Fsp3) is 0.450. The zero-order chi connectivity index (χ0) is 19.1. The molecule has 1 aliphatic rings. The van der Waals surface area contributed by atoms with E-state index in [-0.39, 0.29) is 36.6 Å². The van der Waals surface area contributed by atoms with Crippen LogP contribution in [0.3, 0.4) is 0 Å². The Morgan fingerprint density at radius 2 is 2.07 bits per heavy atom. The smallest absolute Gasteiger partial charge is 0.191 e. The standard InChI is InChI=1S/C20H27FN4O2.HI/c1-22-20(23-12-15-6-7-17(21)16(11-15)14-26)24-13-18(19-5-4-10-27-19)25-8-2-3-9-25;/h4-7,10-11,18,26H,2-3,8-9,12-14H2,1H3,(H2,22,23,24);1H. The number of halogens is 2. The number of nitrogens with zero attached hydrogens (tertiary/aromatic N) is 2. The fourth-order valence-electron chi connectivity index (χ4n) is 3.40. The van der Waals surface area contributed by atoms with E-state index in [1.165, 1.54) is 18.9 Å². The molecule has 0 radical (unpaired) electrons. The number of hydrogen-bond donors (Lipinski definition) is 3. The first-order valence-electron chi connectivity index (χ1n) is 9.31. The van der Waals surface area contributed by atoms with Gasteiger partial charge in [-0.15, -0.1) is 24.0 Å². The Kier molecular flexibility index (Phi) is 9.20. The van der Waals surface area contributed by atoms with E-state index < -0.39 is 5.82 Å². The molecule has 1 atom stereocenters. The van der Waals surface area contributed by atoms with Crippen LogP contribution in [0.1, 0.15) is 35.8 Å². The molecule has 0 spiro atoms. The molecule has 2 heterocycles. The number of benzene rings is 1. The van der Waals surface area contributed by atoms with Crippen molar-refractivity contribution >= 4 is 29.9 Å². The second kappa shape index (κ2) is 11.4. The Morgan fingerprint density at radius 3 is 2.71 bits per heavy atom. The minimum atomic E-state index is -0.393. The Hall–Kier alpha value is -1.65. The van der Waals surface area contributed by atoms with Gasteiger partial charge in [0, 0.05) is 25.7 Å². The zero-order valence-electron chi connectivity index (χ0n) is 16.0. The molecule has 0 amide bonds. The number of hydrogen-bond acceptors (Lipinski definition) is 4. The van der Waals surface area contributed by atoms with Gasteiger partial charge in [-0.05, 0) is 55.8 Å². The summed E-state index contributed by atoms with van der Waals surface area (Å²) in [6, 6.07) is 8.82. The van der Waals surface area contributed by atoms with Crippen molar-refractivity contribution in [2.24, 2.45) is 4.99 Å². The maximum Gasteiger partial charge on any atom is 0.191 e. The number of aliphatic imine (C=N–C) groups is 1. The van der Waals surface area contributed by atoms with Gasteiger partial charge < -0.3 is 20.2 Å². The van der Waals surface area contributed by atoms with E-state index >= 15 is 0 Å². The van der Waals surface area contributed by atoms with Crippen molar-refractivity contribution in [3.05, 3.63) is 59.3 Å². The molecule has 2 aromatic rings. The largest absolute Gasteiger partial charge is 0.468 e. The molecule has 28 heavy (non-hydrogen) atoms. The van der Waals surface area contributed by atoms with E-state index in [1.54, 1.807) is 25.4 Å². The Bertz CT molecular complexity index is 749. The van der Waals surface area contributed by atoms with E-state index in [1.807, 2.05) is 12.1 Å². The topological polar surface area (TPSA) is 73.0 Å².